The van der Waals surface area contributed by atoms with Gasteiger partial charge in [0.2, 0.25) is 11.8 Å². The zero-order valence-electron chi connectivity index (χ0n) is 22.7. The molecule has 3 aromatic carbocycles. The van der Waals surface area contributed by atoms with Crippen molar-refractivity contribution in [3.8, 4) is 5.75 Å². The zero-order chi connectivity index (χ0) is 28.7. The van der Waals surface area contributed by atoms with Crippen molar-refractivity contribution in [3.63, 3.8) is 0 Å². The Hall–Kier alpha value is -3.14. The van der Waals surface area contributed by atoms with Crippen molar-refractivity contribution in [2.75, 3.05) is 4.90 Å². The molecule has 42 heavy (non-hydrogen) atoms. The second kappa shape index (κ2) is 9.96. The number of rotatable bonds is 5. The van der Waals surface area contributed by atoms with Gasteiger partial charge in [-0.3, -0.25) is 19.3 Å². The first-order valence-electron chi connectivity index (χ1n) is 14.2. The highest BCUT2D eigenvalue weighted by molar-refractivity contribution is 9.10. The summed E-state index contributed by atoms with van der Waals surface area (Å²) in [5.74, 6) is 0.0627. The molecule has 2 bridgehead atoms. The molecule has 9 heteroatoms. The monoisotopic (exact) mass is 658 g/mol. The van der Waals surface area contributed by atoms with Crippen LogP contribution in [0.4, 0.5) is 5.69 Å². The molecule has 2 aliphatic carbocycles. The summed E-state index contributed by atoms with van der Waals surface area (Å²) < 4.78 is 7.46. The molecule has 3 heterocycles. The molecule has 6 nitrogen and oxygen atoms in total. The number of benzene rings is 3. The number of halogens is 1. The molecule has 2 aliphatic heterocycles. The summed E-state index contributed by atoms with van der Waals surface area (Å²) in [6.45, 7) is 2.51. The van der Waals surface area contributed by atoms with Crippen LogP contribution in [-0.4, -0.2) is 22.0 Å². The van der Waals surface area contributed by atoms with Crippen LogP contribution in [0, 0.1) is 36.5 Å². The molecule has 1 saturated heterocycles. The standard InChI is InChI=1S/C33H27BrN2O4S2/c1-16-7-5-6-8-17(16)15-40-23-12-11-18(34)13-20(23)24-25-21-14-22(28(25)41-30-29(24)42-33(39)35-30)27-26(21)31(37)36(32(27)38)19-9-3-2-4-10-19/h2-13,21-22,24-28H,14-15H2,1H3,(H,35,39)/t21-,22-,24?,25?,26?,27?,28?/m1/s1. The molecule has 3 fully saturated rings. The predicted molar refractivity (Wildman–Crippen MR) is 167 cm³/mol. The third kappa shape index (κ3) is 3.93. The van der Waals surface area contributed by atoms with E-state index in [9.17, 15) is 14.4 Å². The highest BCUT2D eigenvalue weighted by Gasteiger charge is 2.69. The highest BCUT2D eigenvalue weighted by Crippen LogP contribution is 2.69. The van der Waals surface area contributed by atoms with E-state index in [0.717, 1.165) is 37.7 Å². The Kier molecular flexibility index (Phi) is 6.28. The third-order valence-corrected chi connectivity index (χ3v) is 12.8. The minimum atomic E-state index is -0.340. The number of imide groups is 1. The van der Waals surface area contributed by atoms with Crippen LogP contribution < -0.4 is 14.5 Å². The zero-order valence-corrected chi connectivity index (χ0v) is 25.9. The SMILES string of the molecule is Cc1ccccc1COc1ccc(Br)cc1C1c2sc(=O)[nH]c2SC2C1[C@H]1C[C@@H]2C2C(=O)N(c3ccccc3)C(=O)C21. The van der Waals surface area contributed by atoms with Gasteiger partial charge in [0, 0.05) is 26.1 Å². The van der Waals surface area contributed by atoms with Crippen LogP contribution in [0.15, 0.2) is 87.1 Å². The number of carbonyl (C=O) groups excluding carboxylic acids is 2. The van der Waals surface area contributed by atoms with Crippen LogP contribution in [0.25, 0.3) is 0 Å². The molecule has 5 unspecified atom stereocenters. The number of nitrogens with one attached hydrogen (secondary N) is 1. The van der Waals surface area contributed by atoms with Gasteiger partial charge in [0.1, 0.15) is 12.4 Å². The molecule has 7 atom stereocenters. The molecule has 212 valence electrons. The summed E-state index contributed by atoms with van der Waals surface area (Å²) in [5, 5.41) is 1.01. The Labute approximate surface area is 259 Å². The fourth-order valence-corrected chi connectivity index (χ4v) is 11.3. The smallest absolute Gasteiger partial charge is 0.305 e. The van der Waals surface area contributed by atoms with E-state index in [-0.39, 0.29) is 57.4 Å². The van der Waals surface area contributed by atoms with Gasteiger partial charge in [0.25, 0.3) is 0 Å². The Morgan fingerprint density at radius 3 is 2.48 bits per heavy atom. The van der Waals surface area contributed by atoms with Crippen molar-refractivity contribution < 1.29 is 14.3 Å². The predicted octanol–water partition coefficient (Wildman–Crippen LogP) is 6.76. The van der Waals surface area contributed by atoms with E-state index < -0.39 is 0 Å². The lowest BCUT2D eigenvalue weighted by Gasteiger charge is -2.43. The van der Waals surface area contributed by atoms with Crippen molar-refractivity contribution in [3.05, 3.63) is 109 Å². The number of aryl methyl sites for hydroxylation is 1. The minimum Gasteiger partial charge on any atom is -0.489 e. The number of carbonyl (C=O) groups is 2. The average molecular weight is 660 g/mol. The maximum Gasteiger partial charge on any atom is 0.305 e. The van der Waals surface area contributed by atoms with E-state index >= 15 is 0 Å². The van der Waals surface area contributed by atoms with Gasteiger partial charge in [0.05, 0.1) is 22.5 Å². The van der Waals surface area contributed by atoms with Crippen molar-refractivity contribution in [2.45, 2.75) is 36.1 Å². The van der Waals surface area contributed by atoms with Crippen LogP contribution in [0.1, 0.15) is 33.9 Å². The Balaban J connectivity index is 1.21. The molecule has 4 aromatic rings. The second-order valence-electron chi connectivity index (χ2n) is 11.7. The van der Waals surface area contributed by atoms with Gasteiger partial charge in [-0.25, -0.2) is 0 Å². The Bertz CT molecular complexity index is 1800. The largest absolute Gasteiger partial charge is 0.489 e. The molecule has 2 amide bonds. The summed E-state index contributed by atoms with van der Waals surface area (Å²) in [4.78, 5) is 46.0. The molecule has 1 aromatic heterocycles. The lowest BCUT2D eigenvalue weighted by molar-refractivity contribution is -0.123. The number of aromatic nitrogens is 1. The number of amides is 2. The number of hydrogen-bond acceptors (Lipinski definition) is 6. The van der Waals surface area contributed by atoms with Gasteiger partial charge in [-0.1, -0.05) is 69.7 Å². The topological polar surface area (TPSA) is 79.5 Å². The van der Waals surface area contributed by atoms with Crippen LogP contribution in [0.3, 0.4) is 0 Å². The molecular formula is C33H27BrN2O4S2. The number of hydrogen-bond donors (Lipinski definition) is 1. The number of aromatic amines is 1. The summed E-state index contributed by atoms with van der Waals surface area (Å²) in [7, 11) is 0. The van der Waals surface area contributed by atoms with Crippen molar-refractivity contribution in [1.82, 2.24) is 4.98 Å². The molecule has 4 aliphatic rings. The first-order chi connectivity index (χ1) is 20.4. The number of nitrogens with zero attached hydrogens (tertiary/aromatic N) is 1. The Morgan fingerprint density at radius 2 is 1.69 bits per heavy atom. The van der Waals surface area contributed by atoms with Crippen LogP contribution in [-0.2, 0) is 16.2 Å². The van der Waals surface area contributed by atoms with E-state index in [0.29, 0.717) is 12.3 Å². The number of para-hydroxylation sites is 1. The molecule has 0 radical (unpaired) electrons. The fourth-order valence-electron chi connectivity index (χ4n) is 8.02. The van der Waals surface area contributed by atoms with Gasteiger partial charge in [-0.15, -0.1) is 11.8 Å². The lowest BCUT2D eigenvalue weighted by Crippen LogP contribution is -2.42. The summed E-state index contributed by atoms with van der Waals surface area (Å²) in [5.41, 5.74) is 3.96. The van der Waals surface area contributed by atoms with Crippen molar-refractivity contribution in [1.29, 1.82) is 0 Å². The van der Waals surface area contributed by atoms with Gasteiger partial charge < -0.3 is 9.72 Å². The maximum atomic E-state index is 14.0. The number of ether oxygens (including phenoxy) is 1. The van der Waals surface area contributed by atoms with E-state index in [4.69, 9.17) is 4.74 Å². The summed E-state index contributed by atoms with van der Waals surface area (Å²) >= 11 is 6.65. The van der Waals surface area contributed by atoms with E-state index in [1.165, 1.54) is 21.8 Å². The molecule has 8 rings (SSSR count). The first kappa shape index (κ1) is 26.5. The molecule has 2 saturated carbocycles. The highest BCUT2D eigenvalue weighted by atomic mass is 79.9. The average Bonchev–Trinajstić information content (AvgIpc) is 3.72. The van der Waals surface area contributed by atoms with Gasteiger partial charge in [-0.05, 0) is 72.6 Å². The van der Waals surface area contributed by atoms with E-state index in [1.807, 2.05) is 54.6 Å². The minimum absolute atomic E-state index is 0.0428. The number of thioether (sulfide) groups is 1. The van der Waals surface area contributed by atoms with Crippen LogP contribution in [0.2, 0.25) is 0 Å². The number of H-pyrrole nitrogens is 1. The van der Waals surface area contributed by atoms with Gasteiger partial charge in [-0.2, -0.15) is 0 Å². The normalized spacial score (nSPS) is 29.0. The Morgan fingerprint density at radius 1 is 0.952 bits per heavy atom. The third-order valence-electron chi connectivity index (χ3n) is 9.69. The van der Waals surface area contributed by atoms with Crippen LogP contribution >= 0.6 is 39.0 Å². The van der Waals surface area contributed by atoms with Gasteiger partial charge >= 0.3 is 4.87 Å². The van der Waals surface area contributed by atoms with E-state index in [1.54, 1.807) is 11.8 Å². The lowest BCUT2D eigenvalue weighted by atomic mass is 9.68. The number of fused-ring (bicyclic) bond motifs is 9. The number of thiazole rings is 1. The van der Waals surface area contributed by atoms with E-state index in [2.05, 4.69) is 46.0 Å². The van der Waals surface area contributed by atoms with Crippen LogP contribution in [0.5, 0.6) is 5.75 Å². The molecule has 0 spiro atoms. The maximum absolute atomic E-state index is 14.0. The van der Waals surface area contributed by atoms with Gasteiger partial charge in [0.15, 0.2) is 0 Å². The quantitative estimate of drug-likeness (QED) is 0.240. The second-order valence-corrected chi connectivity index (χ2v) is 14.8. The number of anilines is 1. The fraction of sp³-hybridized carbons (Fsp3) is 0.303. The summed E-state index contributed by atoms with van der Waals surface area (Å²) in [6.07, 6.45) is 0.848. The molecule has 1 N–H and O–H groups in total. The first-order valence-corrected chi connectivity index (χ1v) is 16.7. The molecular weight excluding hydrogens is 632 g/mol. The van der Waals surface area contributed by atoms with Crippen molar-refractivity contribution >= 4 is 56.5 Å². The van der Waals surface area contributed by atoms with Crippen molar-refractivity contribution in [2.24, 2.45) is 29.6 Å². The summed E-state index contributed by atoms with van der Waals surface area (Å²) in [6, 6.07) is 23.6.